The highest BCUT2D eigenvalue weighted by atomic mass is 79.9. The Morgan fingerprint density at radius 3 is 2.71 bits per heavy atom. The first-order chi connectivity index (χ1) is 11.4. The van der Waals surface area contributed by atoms with Gasteiger partial charge in [-0.2, -0.15) is 0 Å². The van der Waals surface area contributed by atoms with Crippen molar-refractivity contribution < 1.29 is 4.79 Å². The van der Waals surface area contributed by atoms with Gasteiger partial charge in [-0.25, -0.2) is 0 Å². The number of carbonyl (C=O) groups is 1. The Morgan fingerprint density at radius 2 is 2.00 bits per heavy atom. The third-order valence-corrected chi connectivity index (χ3v) is 4.87. The molecule has 0 aliphatic rings. The van der Waals surface area contributed by atoms with Crippen molar-refractivity contribution in [3.8, 4) is 0 Å². The second-order valence-electron chi connectivity index (χ2n) is 5.92. The Balaban J connectivity index is 1.89. The number of hydrogen-bond acceptors (Lipinski definition) is 2. The van der Waals surface area contributed by atoms with Crippen LogP contribution in [-0.4, -0.2) is 15.9 Å². The molecule has 0 fully saturated rings. The quantitative estimate of drug-likeness (QED) is 0.643. The third kappa shape index (κ3) is 2.89. The van der Waals surface area contributed by atoms with E-state index >= 15 is 0 Å². The van der Waals surface area contributed by atoms with Crippen molar-refractivity contribution in [1.82, 2.24) is 15.3 Å². The van der Waals surface area contributed by atoms with Crippen LogP contribution in [-0.2, 0) is 6.54 Å². The highest BCUT2D eigenvalue weighted by Gasteiger charge is 2.15. The summed E-state index contributed by atoms with van der Waals surface area (Å²) in [5.41, 5.74) is 4.48. The molecule has 0 aliphatic heterocycles. The van der Waals surface area contributed by atoms with E-state index < -0.39 is 0 Å². The first-order valence-corrected chi connectivity index (χ1v) is 8.41. The smallest absolute Gasteiger partial charge is 0.253 e. The lowest BCUT2D eigenvalue weighted by Gasteiger charge is -2.11. The van der Waals surface area contributed by atoms with Gasteiger partial charge in [0.1, 0.15) is 0 Å². The van der Waals surface area contributed by atoms with Crippen LogP contribution in [0.4, 0.5) is 0 Å². The van der Waals surface area contributed by atoms with Crippen LogP contribution in [0.15, 0.2) is 33.7 Å². The number of carbonyl (C=O) groups excluding carboxylic acids is 1. The Hall–Kier alpha value is -2.34. The van der Waals surface area contributed by atoms with Crippen LogP contribution >= 0.6 is 15.9 Å². The van der Waals surface area contributed by atoms with Crippen molar-refractivity contribution in [2.24, 2.45) is 0 Å². The molecular weight excluding hydrogens is 370 g/mol. The Morgan fingerprint density at radius 1 is 1.25 bits per heavy atom. The van der Waals surface area contributed by atoms with Gasteiger partial charge in [0, 0.05) is 39.4 Å². The summed E-state index contributed by atoms with van der Waals surface area (Å²) in [7, 11) is 0. The van der Waals surface area contributed by atoms with E-state index in [9.17, 15) is 9.59 Å². The lowest BCUT2D eigenvalue weighted by molar-refractivity contribution is 0.0950. The van der Waals surface area contributed by atoms with Gasteiger partial charge in [-0.15, -0.1) is 0 Å². The highest BCUT2D eigenvalue weighted by molar-refractivity contribution is 9.10. The van der Waals surface area contributed by atoms with E-state index in [2.05, 4.69) is 31.2 Å². The van der Waals surface area contributed by atoms with Crippen LogP contribution in [0.1, 0.15) is 32.7 Å². The molecule has 124 valence electrons. The van der Waals surface area contributed by atoms with Crippen LogP contribution in [0.5, 0.6) is 0 Å². The molecule has 3 rings (SSSR count). The number of hydrogen-bond donors (Lipinski definition) is 3. The molecule has 5 nitrogen and oxygen atoms in total. The van der Waals surface area contributed by atoms with E-state index in [0.29, 0.717) is 11.1 Å². The van der Waals surface area contributed by atoms with Gasteiger partial charge in [-0.3, -0.25) is 9.59 Å². The minimum absolute atomic E-state index is 0.162. The molecule has 3 N–H and O–H groups in total. The van der Waals surface area contributed by atoms with E-state index in [-0.39, 0.29) is 18.0 Å². The number of pyridine rings is 1. The van der Waals surface area contributed by atoms with Crippen molar-refractivity contribution in [3.05, 3.63) is 67.2 Å². The summed E-state index contributed by atoms with van der Waals surface area (Å²) < 4.78 is 0.860. The number of nitrogens with one attached hydrogen (secondary N) is 3. The average molecular weight is 388 g/mol. The summed E-state index contributed by atoms with van der Waals surface area (Å²) in [6, 6.07) is 5.67. The minimum atomic E-state index is -0.205. The van der Waals surface area contributed by atoms with Gasteiger partial charge in [0.15, 0.2) is 0 Å². The summed E-state index contributed by atoms with van der Waals surface area (Å²) in [5, 5.41) is 3.88. The molecular formula is C18H18BrN3O2. The molecule has 0 saturated heterocycles. The van der Waals surface area contributed by atoms with E-state index in [1.165, 1.54) is 0 Å². The molecule has 0 unspecified atom stereocenters. The average Bonchev–Trinajstić information content (AvgIpc) is 3.00. The van der Waals surface area contributed by atoms with Crippen molar-refractivity contribution in [1.29, 1.82) is 0 Å². The van der Waals surface area contributed by atoms with Crippen molar-refractivity contribution in [2.45, 2.75) is 27.3 Å². The van der Waals surface area contributed by atoms with Crippen molar-refractivity contribution in [2.75, 3.05) is 0 Å². The Labute approximate surface area is 147 Å². The number of benzene rings is 1. The summed E-state index contributed by atoms with van der Waals surface area (Å²) in [4.78, 5) is 30.6. The predicted molar refractivity (Wildman–Crippen MR) is 98.4 cm³/mol. The van der Waals surface area contributed by atoms with Crippen LogP contribution in [0, 0.1) is 20.8 Å². The molecule has 2 heterocycles. The lowest BCUT2D eigenvalue weighted by atomic mass is 10.0. The molecule has 0 spiro atoms. The van der Waals surface area contributed by atoms with E-state index in [4.69, 9.17) is 0 Å². The molecule has 0 radical (unpaired) electrons. The number of amides is 1. The molecule has 0 atom stereocenters. The van der Waals surface area contributed by atoms with Crippen LogP contribution in [0.3, 0.4) is 0 Å². The third-order valence-electron chi connectivity index (χ3n) is 4.22. The molecule has 24 heavy (non-hydrogen) atoms. The fourth-order valence-electron chi connectivity index (χ4n) is 2.93. The summed E-state index contributed by atoms with van der Waals surface area (Å²) in [6.07, 6.45) is 1.85. The van der Waals surface area contributed by atoms with Crippen LogP contribution < -0.4 is 10.9 Å². The SMILES string of the molecule is Cc1cc(C)c(CNC(=O)c2cc(Br)c3cc[nH]c3c2C)c(=O)[nH]1. The zero-order chi connectivity index (χ0) is 17.4. The summed E-state index contributed by atoms with van der Waals surface area (Å²) in [5.74, 6) is -0.205. The molecule has 0 bridgehead atoms. The number of aryl methyl sites for hydroxylation is 3. The zero-order valence-electron chi connectivity index (χ0n) is 13.7. The fourth-order valence-corrected chi connectivity index (χ4v) is 3.49. The topological polar surface area (TPSA) is 77.8 Å². The molecule has 1 aromatic carbocycles. The van der Waals surface area contributed by atoms with Crippen LogP contribution in [0.25, 0.3) is 10.9 Å². The van der Waals surface area contributed by atoms with E-state index in [1.54, 1.807) is 0 Å². The standard InChI is InChI=1S/C18H18BrN3O2/c1-9-6-10(2)22-18(24)14(9)8-21-17(23)13-7-15(19)12-4-5-20-16(12)11(13)3/h4-7,20H,8H2,1-3H3,(H,21,23)(H,22,24). The molecule has 6 heteroatoms. The molecule has 0 saturated carbocycles. The number of aromatic amines is 2. The lowest BCUT2D eigenvalue weighted by Crippen LogP contribution is -2.28. The highest BCUT2D eigenvalue weighted by Crippen LogP contribution is 2.28. The van der Waals surface area contributed by atoms with Gasteiger partial charge < -0.3 is 15.3 Å². The maximum atomic E-state index is 12.6. The molecule has 2 aromatic heterocycles. The first kappa shape index (κ1) is 16.5. The number of fused-ring (bicyclic) bond motifs is 1. The first-order valence-electron chi connectivity index (χ1n) is 7.62. The van der Waals surface area contributed by atoms with Gasteiger partial charge in [0.05, 0.1) is 5.52 Å². The maximum Gasteiger partial charge on any atom is 0.253 e. The molecule has 0 aliphatic carbocycles. The van der Waals surface area contributed by atoms with Gasteiger partial charge in [0.25, 0.3) is 11.5 Å². The fraction of sp³-hybridized carbons (Fsp3) is 0.222. The second-order valence-corrected chi connectivity index (χ2v) is 6.78. The summed E-state index contributed by atoms with van der Waals surface area (Å²) >= 11 is 3.50. The Kier molecular flexibility index (Phi) is 4.32. The van der Waals surface area contributed by atoms with Crippen molar-refractivity contribution in [3.63, 3.8) is 0 Å². The van der Waals surface area contributed by atoms with Gasteiger partial charge >= 0.3 is 0 Å². The van der Waals surface area contributed by atoms with Gasteiger partial charge in [-0.1, -0.05) is 15.9 Å². The van der Waals surface area contributed by atoms with Gasteiger partial charge in [-0.05, 0) is 50.1 Å². The Bertz CT molecular complexity index is 1000. The van der Waals surface area contributed by atoms with Crippen molar-refractivity contribution >= 4 is 32.7 Å². The zero-order valence-corrected chi connectivity index (χ0v) is 15.3. The molecule has 1 amide bonds. The number of rotatable bonds is 3. The maximum absolute atomic E-state index is 12.6. The summed E-state index contributed by atoms with van der Waals surface area (Å²) in [6.45, 7) is 5.81. The molecule has 3 aromatic rings. The number of aromatic nitrogens is 2. The van der Waals surface area contributed by atoms with Crippen LogP contribution in [0.2, 0.25) is 0 Å². The second kappa shape index (κ2) is 6.28. The largest absolute Gasteiger partial charge is 0.361 e. The monoisotopic (exact) mass is 387 g/mol. The minimum Gasteiger partial charge on any atom is -0.361 e. The normalized spacial score (nSPS) is 11.0. The van der Waals surface area contributed by atoms with E-state index in [1.807, 2.05) is 45.2 Å². The number of halogens is 1. The van der Waals surface area contributed by atoms with Gasteiger partial charge in [0.2, 0.25) is 0 Å². The number of H-pyrrole nitrogens is 2. The predicted octanol–water partition coefficient (Wildman–Crippen LogP) is 3.47. The van der Waals surface area contributed by atoms with E-state index in [0.717, 1.165) is 32.2 Å².